The number of carbonyl (C=O) groups excluding carboxylic acids is 1. The largest absolute Gasteiger partial charge is 0.494 e. The molecule has 4 aromatic rings. The van der Waals surface area contributed by atoms with E-state index in [1.807, 2.05) is 68.4 Å². The Morgan fingerprint density at radius 1 is 1.10 bits per heavy atom. The third-order valence-electron chi connectivity index (χ3n) is 5.01. The molecule has 0 bridgehead atoms. The lowest BCUT2D eigenvalue weighted by molar-refractivity contribution is 0.0952. The number of fused-ring (bicyclic) bond motifs is 1. The Kier molecular flexibility index (Phi) is 6.14. The summed E-state index contributed by atoms with van der Waals surface area (Å²) in [5.74, 6) is 0.563. The van der Waals surface area contributed by atoms with Crippen molar-refractivity contribution in [1.29, 1.82) is 0 Å². The number of benzene rings is 2. The molecule has 156 valence electrons. The summed E-state index contributed by atoms with van der Waals surface area (Å²) in [4.78, 5) is 22.3. The van der Waals surface area contributed by atoms with Gasteiger partial charge in [0.25, 0.3) is 5.91 Å². The molecule has 0 unspecified atom stereocenters. The van der Waals surface area contributed by atoms with Crippen LogP contribution < -0.4 is 10.1 Å². The van der Waals surface area contributed by atoms with E-state index in [1.165, 1.54) is 0 Å². The maximum Gasteiger partial charge on any atom is 0.252 e. The van der Waals surface area contributed by atoms with Crippen LogP contribution in [0.1, 0.15) is 28.5 Å². The normalized spacial score (nSPS) is 10.8. The zero-order valence-corrected chi connectivity index (χ0v) is 18.1. The predicted molar refractivity (Wildman–Crippen MR) is 124 cm³/mol. The summed E-state index contributed by atoms with van der Waals surface area (Å²) in [6.45, 7) is 4.76. The minimum Gasteiger partial charge on any atom is -0.494 e. The molecule has 6 heteroatoms. The van der Waals surface area contributed by atoms with Crippen LogP contribution in [0.25, 0.3) is 22.2 Å². The van der Waals surface area contributed by atoms with Gasteiger partial charge in [-0.25, -0.2) is 4.98 Å². The Hall–Kier alpha value is -3.44. The molecule has 4 rings (SSSR count). The van der Waals surface area contributed by atoms with Gasteiger partial charge in [-0.3, -0.25) is 9.78 Å². The molecule has 0 aliphatic carbocycles. The smallest absolute Gasteiger partial charge is 0.252 e. The van der Waals surface area contributed by atoms with Crippen LogP contribution in [0.3, 0.4) is 0 Å². The number of hydrogen-bond acceptors (Lipinski definition) is 4. The van der Waals surface area contributed by atoms with Crippen molar-refractivity contribution >= 4 is 28.4 Å². The Morgan fingerprint density at radius 2 is 1.97 bits per heavy atom. The van der Waals surface area contributed by atoms with E-state index in [0.29, 0.717) is 34.9 Å². The van der Waals surface area contributed by atoms with Gasteiger partial charge < -0.3 is 10.1 Å². The molecule has 0 saturated carbocycles. The molecule has 2 aromatic heterocycles. The molecule has 0 aliphatic rings. The van der Waals surface area contributed by atoms with Crippen LogP contribution in [0.2, 0.25) is 5.02 Å². The van der Waals surface area contributed by atoms with Gasteiger partial charge >= 0.3 is 0 Å². The molecule has 0 saturated heterocycles. The Bertz CT molecular complexity index is 1240. The number of aromatic nitrogens is 2. The Morgan fingerprint density at radius 3 is 2.74 bits per heavy atom. The van der Waals surface area contributed by atoms with Crippen LogP contribution >= 0.6 is 11.6 Å². The van der Waals surface area contributed by atoms with Crippen molar-refractivity contribution in [3.63, 3.8) is 0 Å². The Labute approximate surface area is 186 Å². The molecule has 1 amide bonds. The van der Waals surface area contributed by atoms with Gasteiger partial charge in [-0.1, -0.05) is 35.9 Å². The molecule has 5 nitrogen and oxygen atoms in total. The lowest BCUT2D eigenvalue weighted by atomic mass is 10.0. The SMILES string of the molecule is CCOc1cccc(-c2cc(C(=O)NCc3ccccn3)c3ccc(Cl)c(C)c3n2)c1. The quantitative estimate of drug-likeness (QED) is 0.432. The van der Waals surface area contributed by atoms with Crippen molar-refractivity contribution in [3.8, 4) is 17.0 Å². The average Bonchev–Trinajstić information content (AvgIpc) is 2.80. The highest BCUT2D eigenvalue weighted by molar-refractivity contribution is 6.32. The van der Waals surface area contributed by atoms with E-state index in [-0.39, 0.29) is 5.91 Å². The van der Waals surface area contributed by atoms with Gasteiger partial charge in [-0.15, -0.1) is 0 Å². The number of rotatable bonds is 6. The number of nitrogens with one attached hydrogen (secondary N) is 1. The third-order valence-corrected chi connectivity index (χ3v) is 5.42. The third kappa shape index (κ3) is 4.52. The van der Waals surface area contributed by atoms with E-state index in [2.05, 4.69) is 10.3 Å². The van der Waals surface area contributed by atoms with Gasteiger partial charge in [0.05, 0.1) is 35.6 Å². The fraction of sp³-hybridized carbons (Fsp3) is 0.160. The van der Waals surface area contributed by atoms with E-state index >= 15 is 0 Å². The summed E-state index contributed by atoms with van der Waals surface area (Å²) in [5, 5.41) is 4.33. The number of pyridine rings is 2. The van der Waals surface area contributed by atoms with Crippen LogP contribution in [-0.2, 0) is 6.54 Å². The van der Waals surface area contributed by atoms with Crippen LogP contribution in [0, 0.1) is 6.92 Å². The van der Waals surface area contributed by atoms with Gasteiger partial charge in [0.1, 0.15) is 5.75 Å². The van der Waals surface area contributed by atoms with E-state index in [1.54, 1.807) is 12.3 Å². The highest BCUT2D eigenvalue weighted by Crippen LogP contribution is 2.31. The zero-order chi connectivity index (χ0) is 21.8. The molecular formula is C25H22ClN3O2. The first-order valence-corrected chi connectivity index (χ1v) is 10.5. The highest BCUT2D eigenvalue weighted by Gasteiger charge is 2.17. The lowest BCUT2D eigenvalue weighted by Gasteiger charge is -2.13. The molecule has 0 fully saturated rings. The standard InChI is InChI=1S/C25H22ClN3O2/c1-3-31-19-9-6-7-17(13-19)23-14-21(20-10-11-22(26)16(2)24(20)29-23)25(30)28-15-18-8-4-5-12-27-18/h4-14H,3,15H2,1-2H3,(H,28,30). The highest BCUT2D eigenvalue weighted by atomic mass is 35.5. The summed E-state index contributed by atoms with van der Waals surface area (Å²) in [6, 6.07) is 18.8. The molecule has 0 spiro atoms. The van der Waals surface area contributed by atoms with Crippen molar-refractivity contribution in [2.45, 2.75) is 20.4 Å². The van der Waals surface area contributed by atoms with Crippen LogP contribution in [-0.4, -0.2) is 22.5 Å². The van der Waals surface area contributed by atoms with Crippen molar-refractivity contribution in [1.82, 2.24) is 15.3 Å². The average molecular weight is 432 g/mol. The first-order valence-electron chi connectivity index (χ1n) is 10.1. The number of carbonyl (C=O) groups is 1. The number of nitrogens with zero attached hydrogens (tertiary/aromatic N) is 2. The maximum absolute atomic E-state index is 13.2. The molecular weight excluding hydrogens is 410 g/mol. The number of halogens is 1. The van der Waals surface area contributed by atoms with Gasteiger partial charge in [-0.05, 0) is 55.8 Å². The summed E-state index contributed by atoms with van der Waals surface area (Å²) in [7, 11) is 0. The van der Waals surface area contributed by atoms with Gasteiger partial charge in [0.15, 0.2) is 0 Å². The van der Waals surface area contributed by atoms with Crippen molar-refractivity contribution < 1.29 is 9.53 Å². The van der Waals surface area contributed by atoms with Gasteiger partial charge in [0.2, 0.25) is 0 Å². The predicted octanol–water partition coefficient (Wildman–Crippen LogP) is 5.59. The minimum atomic E-state index is -0.193. The second kappa shape index (κ2) is 9.14. The zero-order valence-electron chi connectivity index (χ0n) is 17.4. The molecule has 0 radical (unpaired) electrons. The number of amides is 1. The van der Waals surface area contributed by atoms with E-state index in [9.17, 15) is 4.79 Å². The fourth-order valence-electron chi connectivity index (χ4n) is 3.42. The molecule has 2 aromatic carbocycles. The summed E-state index contributed by atoms with van der Waals surface area (Å²) in [6.07, 6.45) is 1.71. The van der Waals surface area contributed by atoms with E-state index in [0.717, 1.165) is 28.0 Å². The second-order valence-electron chi connectivity index (χ2n) is 7.09. The molecule has 0 aliphatic heterocycles. The molecule has 1 N–H and O–H groups in total. The minimum absolute atomic E-state index is 0.193. The van der Waals surface area contributed by atoms with Crippen LogP contribution in [0.5, 0.6) is 5.75 Å². The van der Waals surface area contributed by atoms with Crippen LogP contribution in [0.15, 0.2) is 66.9 Å². The number of aryl methyl sites for hydroxylation is 1. The number of ether oxygens (including phenoxy) is 1. The lowest BCUT2D eigenvalue weighted by Crippen LogP contribution is -2.23. The topological polar surface area (TPSA) is 64.1 Å². The van der Waals surface area contributed by atoms with Crippen molar-refractivity contribution in [2.75, 3.05) is 6.61 Å². The van der Waals surface area contributed by atoms with Crippen LogP contribution in [0.4, 0.5) is 0 Å². The summed E-state index contributed by atoms with van der Waals surface area (Å²) < 4.78 is 5.63. The van der Waals surface area contributed by atoms with E-state index < -0.39 is 0 Å². The van der Waals surface area contributed by atoms with Crippen molar-refractivity contribution in [3.05, 3.63) is 88.7 Å². The van der Waals surface area contributed by atoms with E-state index in [4.69, 9.17) is 21.3 Å². The van der Waals surface area contributed by atoms with Crippen molar-refractivity contribution in [2.24, 2.45) is 0 Å². The second-order valence-corrected chi connectivity index (χ2v) is 7.50. The molecule has 31 heavy (non-hydrogen) atoms. The summed E-state index contributed by atoms with van der Waals surface area (Å²) >= 11 is 6.36. The number of hydrogen-bond donors (Lipinski definition) is 1. The first kappa shape index (κ1) is 20.8. The van der Waals surface area contributed by atoms with Gasteiger partial charge in [-0.2, -0.15) is 0 Å². The monoisotopic (exact) mass is 431 g/mol. The molecule has 2 heterocycles. The first-order chi connectivity index (χ1) is 15.1. The fourth-order valence-corrected chi connectivity index (χ4v) is 3.57. The maximum atomic E-state index is 13.2. The Balaban J connectivity index is 1.79. The molecule has 0 atom stereocenters. The van der Waals surface area contributed by atoms with Gasteiger partial charge in [0, 0.05) is 22.2 Å². The summed E-state index contributed by atoms with van der Waals surface area (Å²) in [5.41, 5.74) is 4.42.